The largest absolute Gasteiger partial charge is 0.486 e. The molecule has 1 heterocycles. The molecule has 1 aliphatic heterocycles. The van der Waals surface area contributed by atoms with Crippen molar-refractivity contribution < 1.29 is 23.2 Å². The zero-order chi connectivity index (χ0) is 18.4. The maximum absolute atomic E-state index is 11.6. The van der Waals surface area contributed by atoms with Gasteiger partial charge in [0.2, 0.25) is 10.0 Å². The molecular formula is C15H21N3O6S. The van der Waals surface area contributed by atoms with E-state index in [4.69, 9.17) is 9.88 Å². The molecule has 1 atom stereocenters. The average molecular weight is 371 g/mol. The molecule has 2 aliphatic rings. The monoisotopic (exact) mass is 371 g/mol. The van der Waals surface area contributed by atoms with Crippen LogP contribution in [-0.2, 0) is 10.0 Å². The summed E-state index contributed by atoms with van der Waals surface area (Å²) in [6, 6.07) is 2.15. The second kappa shape index (κ2) is 6.11. The van der Waals surface area contributed by atoms with E-state index < -0.39 is 20.5 Å². The number of nitrogens with one attached hydrogen (secondary N) is 1. The van der Waals surface area contributed by atoms with Crippen molar-refractivity contribution in [1.82, 2.24) is 0 Å². The molecule has 1 aromatic carbocycles. The van der Waals surface area contributed by atoms with Crippen LogP contribution in [0.4, 0.5) is 11.4 Å². The second-order valence-corrected chi connectivity index (χ2v) is 8.55. The average Bonchev–Trinajstić information content (AvgIpc) is 2.52. The smallest absolute Gasteiger partial charge is 0.297 e. The second-order valence-electron chi connectivity index (χ2n) is 6.99. The minimum absolute atomic E-state index is 0.117. The van der Waals surface area contributed by atoms with Gasteiger partial charge in [-0.3, -0.25) is 10.1 Å². The highest BCUT2D eigenvalue weighted by molar-refractivity contribution is 7.89. The molecule has 4 N–H and O–H groups in total. The number of aliphatic hydroxyl groups is 1. The molecule has 138 valence electrons. The molecule has 0 saturated heterocycles. The van der Waals surface area contributed by atoms with Gasteiger partial charge in [-0.25, -0.2) is 13.6 Å². The van der Waals surface area contributed by atoms with Crippen molar-refractivity contribution in [2.75, 3.05) is 11.9 Å². The van der Waals surface area contributed by atoms with Crippen LogP contribution in [-0.4, -0.2) is 36.7 Å². The lowest BCUT2D eigenvalue weighted by Crippen LogP contribution is -2.42. The van der Waals surface area contributed by atoms with Gasteiger partial charge in [0.15, 0.2) is 11.4 Å². The van der Waals surface area contributed by atoms with Crippen LogP contribution in [0.2, 0.25) is 0 Å². The number of rotatable bonds is 3. The summed E-state index contributed by atoms with van der Waals surface area (Å²) >= 11 is 0. The Labute approximate surface area is 145 Å². The Balaban J connectivity index is 1.89. The Morgan fingerprint density at radius 1 is 1.40 bits per heavy atom. The highest BCUT2D eigenvalue weighted by atomic mass is 32.2. The zero-order valence-electron chi connectivity index (χ0n) is 13.8. The topological polar surface area (TPSA) is 145 Å². The van der Waals surface area contributed by atoms with Crippen LogP contribution in [0.25, 0.3) is 0 Å². The van der Waals surface area contributed by atoms with Crippen molar-refractivity contribution in [2.45, 2.75) is 49.2 Å². The molecule has 0 amide bonds. The Morgan fingerprint density at radius 2 is 2.04 bits per heavy atom. The van der Waals surface area contributed by atoms with Crippen LogP contribution in [0.15, 0.2) is 17.0 Å². The number of ether oxygens (including phenoxy) is 1. The molecule has 0 spiro atoms. The van der Waals surface area contributed by atoms with Crippen molar-refractivity contribution in [3.63, 3.8) is 0 Å². The van der Waals surface area contributed by atoms with Crippen LogP contribution in [0.3, 0.4) is 0 Å². The van der Waals surface area contributed by atoms with E-state index in [0.29, 0.717) is 19.4 Å². The van der Waals surface area contributed by atoms with Gasteiger partial charge in [0.25, 0.3) is 5.69 Å². The summed E-state index contributed by atoms with van der Waals surface area (Å²) in [6.45, 7) is 2.19. The third-order valence-corrected chi connectivity index (χ3v) is 5.86. The van der Waals surface area contributed by atoms with Gasteiger partial charge in [0.05, 0.1) is 22.0 Å². The number of nitrogens with two attached hydrogens (primary N) is 1. The molecule has 25 heavy (non-hydrogen) atoms. The number of hydrogen-bond donors (Lipinski definition) is 3. The number of nitro groups is 1. The molecular weight excluding hydrogens is 350 g/mol. The summed E-state index contributed by atoms with van der Waals surface area (Å²) in [5.41, 5.74) is -0.890. The first-order valence-electron chi connectivity index (χ1n) is 8.05. The van der Waals surface area contributed by atoms with E-state index >= 15 is 0 Å². The maximum Gasteiger partial charge on any atom is 0.297 e. The van der Waals surface area contributed by atoms with Crippen LogP contribution in [0.1, 0.15) is 32.6 Å². The van der Waals surface area contributed by atoms with E-state index in [1.165, 1.54) is 6.07 Å². The van der Waals surface area contributed by atoms with Crippen molar-refractivity contribution in [3.8, 4) is 5.75 Å². The Morgan fingerprint density at radius 3 is 2.60 bits per heavy atom. The number of hydrogen-bond acceptors (Lipinski definition) is 7. The number of primary sulfonamides is 1. The normalized spacial score (nSPS) is 29.2. The highest BCUT2D eigenvalue weighted by Crippen LogP contribution is 2.42. The Bertz CT molecular complexity index is 798. The molecule has 10 heteroatoms. The molecule has 1 aromatic rings. The third kappa shape index (κ3) is 3.70. The number of nitrogens with zero attached hydrogens (tertiary/aromatic N) is 1. The maximum atomic E-state index is 11.6. The van der Waals surface area contributed by atoms with Gasteiger partial charge in [-0.2, -0.15) is 0 Å². The van der Waals surface area contributed by atoms with Gasteiger partial charge in [0, 0.05) is 12.1 Å². The summed E-state index contributed by atoms with van der Waals surface area (Å²) in [6.07, 6.45) is 2.60. The van der Waals surface area contributed by atoms with Gasteiger partial charge < -0.3 is 15.2 Å². The fourth-order valence-corrected chi connectivity index (χ4v) is 4.01. The van der Waals surface area contributed by atoms with Gasteiger partial charge in [0.1, 0.15) is 6.10 Å². The van der Waals surface area contributed by atoms with E-state index in [9.17, 15) is 23.6 Å². The molecule has 1 unspecified atom stereocenters. The van der Waals surface area contributed by atoms with E-state index in [-0.39, 0.29) is 34.0 Å². The van der Waals surface area contributed by atoms with E-state index in [1.54, 1.807) is 6.92 Å². The quantitative estimate of drug-likeness (QED) is 0.537. The Kier molecular flexibility index (Phi) is 4.38. The van der Waals surface area contributed by atoms with Crippen molar-refractivity contribution in [1.29, 1.82) is 0 Å². The summed E-state index contributed by atoms with van der Waals surface area (Å²) in [7, 11) is -4.10. The first-order valence-corrected chi connectivity index (χ1v) is 9.60. The minimum atomic E-state index is -4.10. The van der Waals surface area contributed by atoms with E-state index in [0.717, 1.165) is 18.9 Å². The number of anilines is 1. The predicted octanol–water partition coefficient (Wildman–Crippen LogP) is 1.36. The molecule has 1 aliphatic carbocycles. The first kappa shape index (κ1) is 17.9. The van der Waals surface area contributed by atoms with Crippen LogP contribution in [0.5, 0.6) is 5.75 Å². The lowest BCUT2D eigenvalue weighted by Gasteiger charge is -2.39. The number of sulfonamides is 1. The predicted molar refractivity (Wildman–Crippen MR) is 90.0 cm³/mol. The van der Waals surface area contributed by atoms with E-state index in [1.807, 2.05) is 0 Å². The summed E-state index contributed by atoms with van der Waals surface area (Å²) in [4.78, 5) is 10.2. The van der Waals surface area contributed by atoms with Crippen molar-refractivity contribution in [3.05, 3.63) is 22.2 Å². The van der Waals surface area contributed by atoms with Gasteiger partial charge in [-0.1, -0.05) is 0 Å². The third-order valence-electron chi connectivity index (χ3n) is 4.97. The Hall–Kier alpha value is -1.91. The zero-order valence-corrected chi connectivity index (χ0v) is 14.6. The van der Waals surface area contributed by atoms with Crippen molar-refractivity contribution >= 4 is 21.4 Å². The minimum Gasteiger partial charge on any atom is -0.486 e. The van der Waals surface area contributed by atoms with Crippen molar-refractivity contribution in [2.24, 2.45) is 11.1 Å². The van der Waals surface area contributed by atoms with E-state index in [2.05, 4.69) is 5.32 Å². The lowest BCUT2D eigenvalue weighted by molar-refractivity contribution is -0.384. The van der Waals surface area contributed by atoms with Gasteiger partial charge in [-0.05, 0) is 38.5 Å². The van der Waals surface area contributed by atoms with Crippen LogP contribution >= 0.6 is 0 Å². The van der Waals surface area contributed by atoms with Crippen LogP contribution < -0.4 is 15.2 Å². The molecule has 3 rings (SSSR count). The first-order chi connectivity index (χ1) is 11.6. The fraction of sp³-hybridized carbons (Fsp3) is 0.600. The molecule has 9 nitrogen and oxygen atoms in total. The van der Waals surface area contributed by atoms with Gasteiger partial charge >= 0.3 is 0 Å². The SMILES string of the molecule is CC1(O)CCC(C2CNc3c(cc(S(N)(=O)=O)cc3[N+](=O)[O-])O2)CC1. The number of fused-ring (bicyclic) bond motifs is 1. The molecule has 1 saturated carbocycles. The number of benzene rings is 1. The van der Waals surface area contributed by atoms with Crippen LogP contribution in [0, 0.1) is 16.0 Å². The highest BCUT2D eigenvalue weighted by Gasteiger charge is 2.37. The lowest BCUT2D eigenvalue weighted by atomic mass is 9.77. The standard InChI is InChI=1S/C15H21N3O6S/c1-15(19)4-2-9(3-5-15)13-8-17-14-11(18(20)21)6-10(25(16,22)23)7-12(14)24-13/h6-7,9,13,17,19H,2-5,8H2,1H3,(H2,16,22,23). The molecule has 1 fully saturated rings. The fourth-order valence-electron chi connectivity index (χ4n) is 3.46. The number of nitro benzene ring substituents is 1. The van der Waals surface area contributed by atoms with Gasteiger partial charge in [-0.15, -0.1) is 0 Å². The molecule has 0 radical (unpaired) electrons. The molecule has 0 bridgehead atoms. The summed E-state index contributed by atoms with van der Waals surface area (Å²) in [5.74, 6) is 0.296. The molecule has 0 aromatic heterocycles. The summed E-state index contributed by atoms with van der Waals surface area (Å²) in [5, 5.41) is 29.4. The summed E-state index contributed by atoms with van der Waals surface area (Å²) < 4.78 is 29.1.